The van der Waals surface area contributed by atoms with Gasteiger partial charge in [0.15, 0.2) is 9.84 Å². The number of esters is 1. The van der Waals surface area contributed by atoms with Crippen LogP contribution >= 0.6 is 0 Å². The van der Waals surface area contributed by atoms with E-state index in [9.17, 15) is 13.2 Å². The fourth-order valence-electron chi connectivity index (χ4n) is 1.99. The fraction of sp³-hybridized carbons (Fsp3) is 0.900. The smallest absolute Gasteiger partial charge is 0.324 e. The summed E-state index contributed by atoms with van der Waals surface area (Å²) in [6.45, 7) is 0.448. The summed E-state index contributed by atoms with van der Waals surface area (Å²) in [4.78, 5) is 13.3. The fourth-order valence-corrected chi connectivity index (χ4v) is 3.79. The van der Waals surface area contributed by atoms with Gasteiger partial charge in [-0.15, -0.1) is 0 Å². The molecule has 1 fully saturated rings. The number of ether oxygens (including phenoxy) is 1. The summed E-state index contributed by atoms with van der Waals surface area (Å²) in [7, 11) is 1.97. The Balaban J connectivity index is 2.54. The molecular formula is C10H20N2O4S. The van der Waals surface area contributed by atoms with Gasteiger partial charge in [-0.25, -0.2) is 8.42 Å². The third-order valence-corrected chi connectivity index (χ3v) is 4.89. The van der Waals surface area contributed by atoms with Crippen molar-refractivity contribution in [3.05, 3.63) is 0 Å². The monoisotopic (exact) mass is 264 g/mol. The second-order valence-electron chi connectivity index (χ2n) is 4.36. The Labute approximate surface area is 102 Å². The van der Waals surface area contributed by atoms with Gasteiger partial charge in [0.25, 0.3) is 0 Å². The molecule has 0 radical (unpaired) electrons. The number of methoxy groups -OCH3 is 1. The molecule has 6 nitrogen and oxygen atoms in total. The molecule has 1 heterocycles. The van der Waals surface area contributed by atoms with Gasteiger partial charge in [0.2, 0.25) is 0 Å². The van der Waals surface area contributed by atoms with Crippen LogP contribution in [0.15, 0.2) is 0 Å². The number of nitrogens with one attached hydrogen (secondary N) is 1. The van der Waals surface area contributed by atoms with Gasteiger partial charge in [0, 0.05) is 12.6 Å². The standard InChI is InChI=1S/C10H20N2O4S/c1-11-9(10(13)16-3)6-12(2)8-4-5-17(14,15)7-8/h8-9,11H,4-7H2,1-3H3. The number of rotatable bonds is 5. The summed E-state index contributed by atoms with van der Waals surface area (Å²) < 4.78 is 27.4. The van der Waals surface area contributed by atoms with E-state index >= 15 is 0 Å². The number of likely N-dealkylation sites (N-methyl/N-ethyl adjacent to an activating group) is 2. The molecule has 1 aliphatic heterocycles. The van der Waals surface area contributed by atoms with Crippen LogP contribution in [0.25, 0.3) is 0 Å². The van der Waals surface area contributed by atoms with Gasteiger partial charge in [0.05, 0.1) is 18.6 Å². The summed E-state index contributed by atoms with van der Waals surface area (Å²) in [5, 5.41) is 2.86. The van der Waals surface area contributed by atoms with Crippen molar-refractivity contribution in [3.63, 3.8) is 0 Å². The molecule has 17 heavy (non-hydrogen) atoms. The van der Waals surface area contributed by atoms with Crippen LogP contribution in [0.3, 0.4) is 0 Å². The zero-order valence-corrected chi connectivity index (χ0v) is 11.3. The van der Waals surface area contributed by atoms with E-state index in [1.165, 1.54) is 7.11 Å². The Morgan fingerprint density at radius 3 is 2.65 bits per heavy atom. The first-order valence-electron chi connectivity index (χ1n) is 5.55. The first-order chi connectivity index (χ1) is 7.89. The highest BCUT2D eigenvalue weighted by molar-refractivity contribution is 7.91. The summed E-state index contributed by atoms with van der Waals surface area (Å²) in [5.74, 6) is 0.0890. The molecule has 100 valence electrons. The van der Waals surface area contributed by atoms with E-state index in [0.717, 1.165) is 0 Å². The van der Waals surface area contributed by atoms with Crippen LogP contribution < -0.4 is 5.32 Å². The number of hydrogen-bond acceptors (Lipinski definition) is 6. The second-order valence-corrected chi connectivity index (χ2v) is 6.59. The topological polar surface area (TPSA) is 75.7 Å². The van der Waals surface area contributed by atoms with Crippen LogP contribution in [0.5, 0.6) is 0 Å². The average Bonchev–Trinajstić information content (AvgIpc) is 2.65. The Kier molecular flexibility index (Phi) is 4.91. The van der Waals surface area contributed by atoms with Crippen molar-refractivity contribution < 1.29 is 17.9 Å². The van der Waals surface area contributed by atoms with Crippen LogP contribution in [0.1, 0.15) is 6.42 Å². The third kappa shape index (κ3) is 3.93. The van der Waals surface area contributed by atoms with Crippen molar-refractivity contribution >= 4 is 15.8 Å². The van der Waals surface area contributed by atoms with Crippen LogP contribution in [-0.4, -0.2) is 70.6 Å². The van der Waals surface area contributed by atoms with Gasteiger partial charge in [-0.1, -0.05) is 0 Å². The SMILES string of the molecule is CNC(CN(C)C1CCS(=O)(=O)C1)C(=O)OC. The van der Waals surface area contributed by atoms with Gasteiger partial charge in [-0.3, -0.25) is 4.79 Å². The molecule has 0 saturated carbocycles. The van der Waals surface area contributed by atoms with Crippen molar-refractivity contribution in [2.45, 2.75) is 18.5 Å². The average molecular weight is 264 g/mol. The Morgan fingerprint density at radius 2 is 2.24 bits per heavy atom. The zero-order valence-electron chi connectivity index (χ0n) is 10.5. The van der Waals surface area contributed by atoms with Crippen molar-refractivity contribution in [3.8, 4) is 0 Å². The molecular weight excluding hydrogens is 244 g/mol. The Morgan fingerprint density at radius 1 is 1.59 bits per heavy atom. The molecule has 1 N–H and O–H groups in total. The molecule has 1 saturated heterocycles. The van der Waals surface area contributed by atoms with Gasteiger partial charge < -0.3 is 15.0 Å². The Bertz CT molecular complexity index is 369. The quantitative estimate of drug-likeness (QED) is 0.633. The van der Waals surface area contributed by atoms with Gasteiger partial charge in [-0.05, 0) is 20.5 Å². The normalized spacial score (nSPS) is 24.8. The molecule has 7 heteroatoms. The maximum absolute atomic E-state index is 11.4. The number of sulfone groups is 1. The van der Waals surface area contributed by atoms with Crippen LogP contribution in [0.4, 0.5) is 0 Å². The highest BCUT2D eigenvalue weighted by Gasteiger charge is 2.32. The molecule has 1 aliphatic rings. The first-order valence-corrected chi connectivity index (χ1v) is 7.37. The highest BCUT2D eigenvalue weighted by Crippen LogP contribution is 2.16. The highest BCUT2D eigenvalue weighted by atomic mass is 32.2. The van der Waals surface area contributed by atoms with E-state index in [0.29, 0.717) is 13.0 Å². The number of hydrogen-bond donors (Lipinski definition) is 1. The summed E-state index contributed by atoms with van der Waals surface area (Å²) in [6.07, 6.45) is 0.635. The van der Waals surface area contributed by atoms with E-state index in [-0.39, 0.29) is 23.5 Å². The molecule has 0 bridgehead atoms. The predicted octanol–water partition coefficient (Wildman–Crippen LogP) is -1.13. The van der Waals surface area contributed by atoms with Crippen LogP contribution in [-0.2, 0) is 19.4 Å². The molecule has 0 aromatic carbocycles. The van der Waals surface area contributed by atoms with Gasteiger partial charge in [-0.2, -0.15) is 0 Å². The van der Waals surface area contributed by atoms with E-state index in [2.05, 4.69) is 10.1 Å². The minimum atomic E-state index is -2.89. The molecule has 0 aromatic rings. The van der Waals surface area contributed by atoms with Crippen LogP contribution in [0, 0.1) is 0 Å². The third-order valence-electron chi connectivity index (χ3n) is 3.14. The summed E-state index contributed by atoms with van der Waals surface area (Å²) in [6, 6.07) is -0.422. The van der Waals surface area contributed by atoms with E-state index < -0.39 is 15.9 Å². The lowest BCUT2D eigenvalue weighted by atomic mass is 10.2. The number of carbonyl (C=O) groups excluding carboxylic acids is 1. The molecule has 0 aromatic heterocycles. The lowest BCUT2D eigenvalue weighted by Gasteiger charge is -2.26. The van der Waals surface area contributed by atoms with Gasteiger partial charge in [0.1, 0.15) is 6.04 Å². The molecule has 1 rings (SSSR count). The van der Waals surface area contributed by atoms with E-state index in [1.807, 2.05) is 11.9 Å². The van der Waals surface area contributed by atoms with Gasteiger partial charge >= 0.3 is 5.97 Å². The summed E-state index contributed by atoms with van der Waals surface area (Å²) in [5.41, 5.74) is 0. The van der Waals surface area contributed by atoms with Crippen LogP contribution in [0.2, 0.25) is 0 Å². The van der Waals surface area contributed by atoms with Crippen molar-refractivity contribution in [1.29, 1.82) is 0 Å². The van der Waals surface area contributed by atoms with Crippen molar-refractivity contribution in [2.24, 2.45) is 0 Å². The molecule has 2 unspecified atom stereocenters. The number of carbonyl (C=O) groups is 1. The number of nitrogens with zero attached hydrogens (tertiary/aromatic N) is 1. The molecule has 2 atom stereocenters. The second kappa shape index (κ2) is 5.79. The summed E-state index contributed by atoms with van der Waals surface area (Å²) >= 11 is 0. The maximum atomic E-state index is 11.4. The zero-order chi connectivity index (χ0) is 13.1. The molecule has 0 spiro atoms. The lowest BCUT2D eigenvalue weighted by Crippen LogP contribution is -2.47. The Hall–Kier alpha value is -0.660. The molecule has 0 aliphatic carbocycles. The lowest BCUT2D eigenvalue weighted by molar-refractivity contribution is -0.143. The minimum Gasteiger partial charge on any atom is -0.468 e. The van der Waals surface area contributed by atoms with E-state index in [4.69, 9.17) is 0 Å². The first kappa shape index (κ1) is 14.4. The largest absolute Gasteiger partial charge is 0.468 e. The van der Waals surface area contributed by atoms with Crippen molar-refractivity contribution in [1.82, 2.24) is 10.2 Å². The van der Waals surface area contributed by atoms with Crippen molar-refractivity contribution in [2.75, 3.05) is 39.3 Å². The predicted molar refractivity (Wildman–Crippen MR) is 64.6 cm³/mol. The van der Waals surface area contributed by atoms with E-state index in [1.54, 1.807) is 7.05 Å². The molecule has 0 amide bonds. The minimum absolute atomic E-state index is 0.000469. The maximum Gasteiger partial charge on any atom is 0.324 e.